The standard InChI is InChI=1S/C13H19N/c1-3-10-4-6-11(7-5-10)13-8-12(13)9(2)14/h4-7,9,12-13H,3,8,14H2,1-2H3/t9-,12-,13-/m1/s1. The predicted molar refractivity (Wildman–Crippen MR) is 60.3 cm³/mol. The molecule has 0 spiro atoms. The van der Waals surface area contributed by atoms with Crippen LogP contribution in [-0.2, 0) is 6.42 Å². The molecule has 1 heteroatoms. The van der Waals surface area contributed by atoms with Gasteiger partial charge < -0.3 is 5.73 Å². The van der Waals surface area contributed by atoms with E-state index in [2.05, 4.69) is 38.1 Å². The summed E-state index contributed by atoms with van der Waals surface area (Å²) < 4.78 is 0. The van der Waals surface area contributed by atoms with Gasteiger partial charge in [-0.05, 0) is 42.7 Å². The van der Waals surface area contributed by atoms with Crippen LogP contribution in [-0.4, -0.2) is 6.04 Å². The van der Waals surface area contributed by atoms with E-state index in [0.29, 0.717) is 6.04 Å². The molecule has 0 amide bonds. The van der Waals surface area contributed by atoms with E-state index < -0.39 is 0 Å². The van der Waals surface area contributed by atoms with Crippen LogP contribution in [0.2, 0.25) is 0 Å². The molecule has 3 atom stereocenters. The zero-order chi connectivity index (χ0) is 10.1. The molecule has 1 saturated carbocycles. The van der Waals surface area contributed by atoms with E-state index in [9.17, 15) is 0 Å². The Morgan fingerprint density at radius 2 is 2.00 bits per heavy atom. The summed E-state index contributed by atoms with van der Waals surface area (Å²) >= 11 is 0. The van der Waals surface area contributed by atoms with Gasteiger partial charge in [-0.1, -0.05) is 31.2 Å². The zero-order valence-electron chi connectivity index (χ0n) is 9.03. The highest BCUT2D eigenvalue weighted by Crippen LogP contribution is 2.48. The lowest BCUT2D eigenvalue weighted by Gasteiger charge is -2.04. The highest BCUT2D eigenvalue weighted by molar-refractivity contribution is 5.30. The van der Waals surface area contributed by atoms with Crippen molar-refractivity contribution in [1.82, 2.24) is 0 Å². The van der Waals surface area contributed by atoms with Crippen LogP contribution >= 0.6 is 0 Å². The smallest absolute Gasteiger partial charge is 0.00448 e. The fraction of sp³-hybridized carbons (Fsp3) is 0.538. The van der Waals surface area contributed by atoms with Crippen molar-refractivity contribution < 1.29 is 0 Å². The molecule has 0 saturated heterocycles. The number of benzene rings is 1. The Kier molecular flexibility index (Phi) is 2.60. The molecule has 0 radical (unpaired) electrons. The first kappa shape index (κ1) is 9.72. The molecule has 0 bridgehead atoms. The molecule has 1 aromatic carbocycles. The fourth-order valence-electron chi connectivity index (χ4n) is 2.18. The van der Waals surface area contributed by atoms with Crippen LogP contribution in [0, 0.1) is 5.92 Å². The summed E-state index contributed by atoms with van der Waals surface area (Å²) in [6.07, 6.45) is 2.41. The van der Waals surface area contributed by atoms with E-state index in [1.165, 1.54) is 17.5 Å². The molecule has 1 fully saturated rings. The maximum Gasteiger partial charge on any atom is 0.00448 e. The Balaban J connectivity index is 2.05. The summed E-state index contributed by atoms with van der Waals surface area (Å²) in [6, 6.07) is 9.38. The monoisotopic (exact) mass is 189 g/mol. The lowest BCUT2D eigenvalue weighted by molar-refractivity contribution is 0.631. The van der Waals surface area contributed by atoms with Crippen molar-refractivity contribution in [2.24, 2.45) is 11.7 Å². The van der Waals surface area contributed by atoms with Gasteiger partial charge in [0.25, 0.3) is 0 Å². The molecule has 1 aliphatic rings. The third kappa shape index (κ3) is 1.83. The SMILES string of the molecule is CCc1ccc([C@H]2C[C@@H]2[C@@H](C)N)cc1. The lowest BCUT2D eigenvalue weighted by Crippen LogP contribution is -2.17. The molecule has 1 aromatic rings. The fourth-order valence-corrected chi connectivity index (χ4v) is 2.18. The second kappa shape index (κ2) is 3.74. The first-order chi connectivity index (χ1) is 6.72. The van der Waals surface area contributed by atoms with Crippen molar-refractivity contribution in [3.63, 3.8) is 0 Å². The minimum Gasteiger partial charge on any atom is -0.328 e. The molecular weight excluding hydrogens is 170 g/mol. The van der Waals surface area contributed by atoms with E-state index in [1.54, 1.807) is 0 Å². The highest BCUT2D eigenvalue weighted by atomic mass is 14.7. The lowest BCUT2D eigenvalue weighted by atomic mass is 10.0. The van der Waals surface area contributed by atoms with Gasteiger partial charge in [0.15, 0.2) is 0 Å². The first-order valence-electron chi connectivity index (χ1n) is 5.56. The molecule has 0 heterocycles. The van der Waals surface area contributed by atoms with Crippen molar-refractivity contribution in [2.75, 3.05) is 0 Å². The third-order valence-corrected chi connectivity index (χ3v) is 3.33. The van der Waals surface area contributed by atoms with E-state index in [4.69, 9.17) is 5.73 Å². The number of aryl methyl sites for hydroxylation is 1. The van der Waals surface area contributed by atoms with Crippen molar-refractivity contribution in [2.45, 2.75) is 38.6 Å². The Morgan fingerprint density at radius 3 is 2.43 bits per heavy atom. The molecule has 1 nitrogen and oxygen atoms in total. The Morgan fingerprint density at radius 1 is 1.36 bits per heavy atom. The average Bonchev–Trinajstić information content (AvgIpc) is 2.97. The zero-order valence-corrected chi connectivity index (χ0v) is 9.03. The largest absolute Gasteiger partial charge is 0.328 e. The summed E-state index contributed by atoms with van der Waals surface area (Å²) in [4.78, 5) is 0. The van der Waals surface area contributed by atoms with Crippen LogP contribution in [0.5, 0.6) is 0 Å². The van der Waals surface area contributed by atoms with Crippen molar-refractivity contribution >= 4 is 0 Å². The molecule has 0 aliphatic heterocycles. The van der Waals surface area contributed by atoms with Gasteiger partial charge in [-0.15, -0.1) is 0 Å². The molecule has 2 rings (SSSR count). The molecule has 1 aliphatic carbocycles. The summed E-state index contributed by atoms with van der Waals surface area (Å²) in [7, 11) is 0. The van der Waals surface area contributed by atoms with Crippen molar-refractivity contribution in [3.05, 3.63) is 35.4 Å². The van der Waals surface area contributed by atoms with Gasteiger partial charge in [0.2, 0.25) is 0 Å². The van der Waals surface area contributed by atoms with Gasteiger partial charge in [0, 0.05) is 6.04 Å². The molecular formula is C13H19N. The van der Waals surface area contributed by atoms with Crippen molar-refractivity contribution in [3.8, 4) is 0 Å². The maximum atomic E-state index is 5.88. The van der Waals surface area contributed by atoms with Crippen LogP contribution in [0.3, 0.4) is 0 Å². The van der Waals surface area contributed by atoms with E-state index in [1.807, 2.05) is 0 Å². The van der Waals surface area contributed by atoms with Gasteiger partial charge in [0.1, 0.15) is 0 Å². The van der Waals surface area contributed by atoms with Crippen LogP contribution in [0.4, 0.5) is 0 Å². The molecule has 14 heavy (non-hydrogen) atoms. The number of nitrogens with two attached hydrogens (primary N) is 1. The normalized spacial score (nSPS) is 27.4. The highest BCUT2D eigenvalue weighted by Gasteiger charge is 2.40. The quantitative estimate of drug-likeness (QED) is 0.777. The maximum absolute atomic E-state index is 5.88. The predicted octanol–water partition coefficient (Wildman–Crippen LogP) is 2.70. The molecule has 2 N–H and O–H groups in total. The Bertz CT molecular complexity index is 300. The van der Waals surface area contributed by atoms with Gasteiger partial charge in [-0.25, -0.2) is 0 Å². The summed E-state index contributed by atoms with van der Waals surface area (Å²) in [5, 5.41) is 0. The average molecular weight is 189 g/mol. The number of rotatable bonds is 3. The molecule has 76 valence electrons. The van der Waals surface area contributed by atoms with Gasteiger partial charge >= 0.3 is 0 Å². The number of hydrogen-bond donors (Lipinski definition) is 1. The second-order valence-electron chi connectivity index (χ2n) is 4.46. The summed E-state index contributed by atoms with van der Waals surface area (Å²) in [5.74, 6) is 1.46. The van der Waals surface area contributed by atoms with E-state index >= 15 is 0 Å². The van der Waals surface area contributed by atoms with E-state index in [-0.39, 0.29) is 0 Å². The van der Waals surface area contributed by atoms with Gasteiger partial charge in [-0.3, -0.25) is 0 Å². The Labute approximate surface area is 86.3 Å². The van der Waals surface area contributed by atoms with Crippen LogP contribution < -0.4 is 5.73 Å². The molecule has 0 unspecified atom stereocenters. The molecule has 0 aromatic heterocycles. The van der Waals surface area contributed by atoms with Crippen molar-refractivity contribution in [1.29, 1.82) is 0 Å². The van der Waals surface area contributed by atoms with Crippen LogP contribution in [0.25, 0.3) is 0 Å². The van der Waals surface area contributed by atoms with Gasteiger partial charge in [0.05, 0.1) is 0 Å². The van der Waals surface area contributed by atoms with Crippen LogP contribution in [0.1, 0.15) is 37.3 Å². The number of hydrogen-bond acceptors (Lipinski definition) is 1. The summed E-state index contributed by atoms with van der Waals surface area (Å²) in [5.41, 5.74) is 8.78. The Hall–Kier alpha value is -0.820. The second-order valence-corrected chi connectivity index (χ2v) is 4.46. The first-order valence-corrected chi connectivity index (χ1v) is 5.56. The third-order valence-electron chi connectivity index (χ3n) is 3.33. The van der Waals surface area contributed by atoms with Crippen LogP contribution in [0.15, 0.2) is 24.3 Å². The minimum atomic E-state index is 0.353. The van der Waals surface area contributed by atoms with Gasteiger partial charge in [-0.2, -0.15) is 0 Å². The van der Waals surface area contributed by atoms with E-state index in [0.717, 1.165) is 18.3 Å². The minimum absolute atomic E-state index is 0.353. The summed E-state index contributed by atoms with van der Waals surface area (Å²) in [6.45, 7) is 4.31. The topological polar surface area (TPSA) is 26.0 Å².